The van der Waals surface area contributed by atoms with Gasteiger partial charge in [-0.2, -0.15) is 0 Å². The van der Waals surface area contributed by atoms with Crippen molar-refractivity contribution in [2.24, 2.45) is 11.2 Å². The molecule has 0 saturated carbocycles. The van der Waals surface area contributed by atoms with Gasteiger partial charge in [0.05, 0.1) is 18.6 Å². The second kappa shape index (κ2) is 5.58. The van der Waals surface area contributed by atoms with Crippen LogP contribution in [0.3, 0.4) is 0 Å². The number of hydrazine groups is 1. The van der Waals surface area contributed by atoms with Crippen molar-refractivity contribution in [3.63, 3.8) is 0 Å². The highest BCUT2D eigenvalue weighted by molar-refractivity contribution is 4.63. The summed E-state index contributed by atoms with van der Waals surface area (Å²) in [6.45, 7) is 3.84. The summed E-state index contributed by atoms with van der Waals surface area (Å²) in [4.78, 5) is 0.0588. The molecule has 0 aliphatic heterocycles. The third-order valence-corrected chi connectivity index (χ3v) is 1.83. The van der Waals surface area contributed by atoms with Crippen molar-refractivity contribution in [3.05, 3.63) is 5.21 Å². The standard InChI is InChI=1S/C7H17N3O3/c1-6(2)4-7(5-11)9(3)10(13)8-12/h6-7,11-12H,4-5H2,1-3H3/b10-8+/t7-/m0/s1. The van der Waals surface area contributed by atoms with Crippen molar-refractivity contribution < 1.29 is 15.3 Å². The zero-order valence-electron chi connectivity index (χ0n) is 8.21. The first-order valence-corrected chi connectivity index (χ1v) is 4.18. The number of likely N-dealkylation sites (N-methyl/N-ethyl adjacent to an activating group) is 1. The van der Waals surface area contributed by atoms with Gasteiger partial charge >= 0.3 is 0 Å². The van der Waals surface area contributed by atoms with E-state index in [0.717, 1.165) is 5.01 Å². The molecule has 2 N–H and O–H groups in total. The van der Waals surface area contributed by atoms with Gasteiger partial charge in [0, 0.05) is 0 Å². The molecule has 1 atom stereocenters. The Morgan fingerprint density at radius 1 is 1.54 bits per heavy atom. The first-order chi connectivity index (χ1) is 6.02. The van der Waals surface area contributed by atoms with Crippen LogP contribution >= 0.6 is 0 Å². The predicted octanol–water partition coefficient (Wildman–Crippen LogP) is 0.592. The number of aliphatic hydroxyl groups excluding tert-OH is 1. The van der Waals surface area contributed by atoms with Gasteiger partial charge in [-0.05, 0) is 12.3 Å². The fourth-order valence-electron chi connectivity index (χ4n) is 1.09. The highest BCUT2D eigenvalue weighted by Gasteiger charge is 2.21. The zero-order chi connectivity index (χ0) is 10.4. The van der Waals surface area contributed by atoms with E-state index >= 15 is 0 Å². The lowest BCUT2D eigenvalue weighted by Gasteiger charge is -2.22. The lowest BCUT2D eigenvalue weighted by Crippen LogP contribution is -2.40. The second-order valence-corrected chi connectivity index (χ2v) is 3.38. The molecule has 0 aliphatic carbocycles. The molecular formula is C7H17N3O3. The highest BCUT2D eigenvalue weighted by Crippen LogP contribution is 2.09. The summed E-state index contributed by atoms with van der Waals surface area (Å²) in [5, 5.41) is 31.6. The van der Waals surface area contributed by atoms with Gasteiger partial charge in [0.2, 0.25) is 5.28 Å². The van der Waals surface area contributed by atoms with E-state index in [4.69, 9.17) is 10.3 Å². The Bertz CT molecular complexity index is 172. The zero-order valence-corrected chi connectivity index (χ0v) is 8.21. The van der Waals surface area contributed by atoms with Crippen LogP contribution in [-0.2, 0) is 0 Å². The van der Waals surface area contributed by atoms with Gasteiger partial charge in [-0.25, -0.2) is 0 Å². The molecule has 0 rings (SSSR count). The van der Waals surface area contributed by atoms with E-state index in [2.05, 4.69) is 5.28 Å². The van der Waals surface area contributed by atoms with Crippen molar-refractivity contribution in [1.29, 1.82) is 0 Å². The van der Waals surface area contributed by atoms with Gasteiger partial charge in [-0.3, -0.25) is 0 Å². The summed E-state index contributed by atoms with van der Waals surface area (Å²) in [5.41, 5.74) is 0. The van der Waals surface area contributed by atoms with E-state index in [0.29, 0.717) is 12.3 Å². The molecule has 6 nitrogen and oxygen atoms in total. The molecule has 0 saturated heterocycles. The molecule has 0 radical (unpaired) electrons. The number of rotatable bonds is 5. The maximum absolute atomic E-state index is 10.8. The minimum absolute atomic E-state index is 0.0588. The van der Waals surface area contributed by atoms with E-state index in [1.54, 1.807) is 0 Å². The van der Waals surface area contributed by atoms with Crippen LogP contribution < -0.4 is 0 Å². The molecule has 0 spiro atoms. The minimum Gasteiger partial charge on any atom is -0.569 e. The van der Waals surface area contributed by atoms with Crippen molar-refractivity contribution in [2.75, 3.05) is 13.7 Å². The van der Waals surface area contributed by atoms with Crippen molar-refractivity contribution in [2.45, 2.75) is 26.3 Å². The largest absolute Gasteiger partial charge is 0.569 e. The molecule has 78 valence electrons. The Morgan fingerprint density at radius 3 is 2.38 bits per heavy atom. The number of hydrogen-bond acceptors (Lipinski definition) is 3. The monoisotopic (exact) mass is 191 g/mol. The minimum atomic E-state index is -0.312. The maximum atomic E-state index is 10.8. The van der Waals surface area contributed by atoms with Crippen LogP contribution in [0.25, 0.3) is 0 Å². The average Bonchev–Trinajstić information content (AvgIpc) is 2.11. The van der Waals surface area contributed by atoms with Crippen LogP contribution in [0.15, 0.2) is 5.28 Å². The molecule has 0 unspecified atom stereocenters. The summed E-state index contributed by atoms with van der Waals surface area (Å²) in [7, 11) is 1.47. The second-order valence-electron chi connectivity index (χ2n) is 3.38. The fourth-order valence-corrected chi connectivity index (χ4v) is 1.09. The van der Waals surface area contributed by atoms with Crippen molar-refractivity contribution in [3.8, 4) is 0 Å². The van der Waals surface area contributed by atoms with Gasteiger partial charge in [0.25, 0.3) is 0 Å². The molecule has 0 aromatic rings. The van der Waals surface area contributed by atoms with E-state index in [1.165, 1.54) is 7.05 Å². The van der Waals surface area contributed by atoms with E-state index < -0.39 is 0 Å². The van der Waals surface area contributed by atoms with Crippen LogP contribution in [-0.4, -0.2) is 40.0 Å². The molecule has 0 heterocycles. The molecule has 0 bridgehead atoms. The number of nitrogens with zero attached hydrogens (tertiary/aromatic N) is 3. The summed E-state index contributed by atoms with van der Waals surface area (Å²) >= 11 is 0. The quantitative estimate of drug-likeness (QED) is 0.378. The van der Waals surface area contributed by atoms with Crippen molar-refractivity contribution in [1.82, 2.24) is 5.01 Å². The van der Waals surface area contributed by atoms with Gasteiger partial charge in [-0.15, -0.1) is 5.01 Å². The lowest BCUT2D eigenvalue weighted by molar-refractivity contribution is -0.712. The Balaban J connectivity index is 4.22. The smallest absolute Gasteiger partial charge is 0.230 e. The molecule has 6 heteroatoms. The number of aliphatic hydroxyl groups is 1. The first-order valence-electron chi connectivity index (χ1n) is 4.18. The first kappa shape index (κ1) is 12.0. The van der Waals surface area contributed by atoms with E-state index in [9.17, 15) is 5.21 Å². The normalized spacial score (nSPS) is 14.7. The summed E-state index contributed by atoms with van der Waals surface area (Å²) < 4.78 is 0. The highest BCUT2D eigenvalue weighted by atomic mass is 16.6. The van der Waals surface area contributed by atoms with Gasteiger partial charge in [-0.1, -0.05) is 13.8 Å². The molecule has 13 heavy (non-hydrogen) atoms. The maximum Gasteiger partial charge on any atom is 0.230 e. The van der Waals surface area contributed by atoms with Crippen LogP contribution in [0, 0.1) is 11.1 Å². The molecule has 0 amide bonds. The summed E-state index contributed by atoms with van der Waals surface area (Å²) in [6.07, 6.45) is 0.668. The van der Waals surface area contributed by atoms with E-state index in [-0.39, 0.29) is 17.6 Å². The molecule has 0 aromatic heterocycles. The van der Waals surface area contributed by atoms with Gasteiger partial charge < -0.3 is 15.5 Å². The molecule has 0 aliphatic rings. The van der Waals surface area contributed by atoms with Gasteiger partial charge in [0.15, 0.2) is 0 Å². The van der Waals surface area contributed by atoms with Crippen LogP contribution in [0.5, 0.6) is 0 Å². The number of hydrogen-bond donors (Lipinski definition) is 2. The Hall–Kier alpha value is -1.04. The van der Waals surface area contributed by atoms with Gasteiger partial charge in [0.1, 0.15) is 6.04 Å². The molecular weight excluding hydrogens is 174 g/mol. The Morgan fingerprint density at radius 2 is 2.08 bits per heavy atom. The van der Waals surface area contributed by atoms with E-state index in [1.807, 2.05) is 13.8 Å². The molecule has 0 aromatic carbocycles. The van der Waals surface area contributed by atoms with Crippen LogP contribution in [0.2, 0.25) is 0 Å². The summed E-state index contributed by atoms with van der Waals surface area (Å²) in [6, 6.07) is -0.312. The third-order valence-electron chi connectivity index (χ3n) is 1.83. The Kier molecular flexibility index (Phi) is 5.13. The third kappa shape index (κ3) is 3.93. The van der Waals surface area contributed by atoms with Crippen LogP contribution in [0.1, 0.15) is 20.3 Å². The van der Waals surface area contributed by atoms with Crippen LogP contribution in [0.4, 0.5) is 0 Å². The SMILES string of the molecule is CC(C)C[C@@H](CO)N(C)/[N+]([O-])=N\O. The van der Waals surface area contributed by atoms with Crippen molar-refractivity contribution >= 4 is 0 Å². The predicted molar refractivity (Wildman–Crippen MR) is 45.9 cm³/mol. The summed E-state index contributed by atoms with van der Waals surface area (Å²) in [5.74, 6) is 0.367. The lowest BCUT2D eigenvalue weighted by atomic mass is 10.0. The average molecular weight is 191 g/mol. The molecule has 0 fully saturated rings. The Labute approximate surface area is 77.6 Å². The topological polar surface area (TPSA) is 82.1 Å². The fraction of sp³-hybridized carbons (Fsp3) is 1.00.